The van der Waals surface area contributed by atoms with Gasteiger partial charge >= 0.3 is 0 Å². The third kappa shape index (κ3) is 4.45. The first-order valence-corrected chi connectivity index (χ1v) is 9.96. The van der Waals surface area contributed by atoms with Crippen LogP contribution >= 0.6 is 0 Å². The van der Waals surface area contributed by atoms with E-state index >= 15 is 0 Å². The monoisotopic (exact) mass is 385 g/mol. The minimum absolute atomic E-state index is 0.0674. The Hall–Kier alpha value is -3.20. The molecule has 1 aliphatic heterocycles. The lowest BCUT2D eigenvalue weighted by Gasteiger charge is -2.35. The molecule has 0 saturated heterocycles. The van der Waals surface area contributed by atoms with Crippen LogP contribution in [-0.2, 0) is 0 Å². The Labute approximate surface area is 175 Å². The highest BCUT2D eigenvalue weighted by atomic mass is 15.4. The summed E-state index contributed by atoms with van der Waals surface area (Å²) in [5, 5.41) is 0. The molecule has 0 N–H and O–H groups in total. The van der Waals surface area contributed by atoms with E-state index < -0.39 is 0 Å². The van der Waals surface area contributed by atoms with E-state index in [0.29, 0.717) is 0 Å². The largest absolute Gasteiger partial charge is 0.345 e. The van der Waals surface area contributed by atoms with Crippen molar-refractivity contribution in [2.24, 2.45) is 0 Å². The van der Waals surface area contributed by atoms with Gasteiger partial charge in [0.05, 0.1) is 11.4 Å². The zero-order valence-corrected chi connectivity index (χ0v) is 18.1. The summed E-state index contributed by atoms with van der Waals surface area (Å²) in [5.41, 5.74) is 4.96. The van der Waals surface area contributed by atoms with Gasteiger partial charge in [-0.05, 0) is 57.2 Å². The predicted molar refractivity (Wildman–Crippen MR) is 127 cm³/mol. The van der Waals surface area contributed by atoms with Crippen molar-refractivity contribution < 1.29 is 0 Å². The molecule has 0 amide bonds. The van der Waals surface area contributed by atoms with Crippen LogP contribution in [0.1, 0.15) is 20.8 Å². The minimum atomic E-state index is 0.0674. The van der Waals surface area contributed by atoms with Crippen LogP contribution < -0.4 is 14.7 Å². The van der Waals surface area contributed by atoms with Gasteiger partial charge in [-0.3, -0.25) is 0 Å². The quantitative estimate of drug-likeness (QED) is 0.488. The second kappa shape index (κ2) is 8.44. The molecule has 3 aromatic carbocycles. The fourth-order valence-corrected chi connectivity index (χ4v) is 3.57. The Morgan fingerprint density at radius 1 is 0.690 bits per heavy atom. The molecule has 0 radical (unpaired) electrons. The van der Waals surface area contributed by atoms with Gasteiger partial charge in [0.2, 0.25) is 0 Å². The SMILES string of the molecule is C=C1N(C)c2ccccc2N1C(C)(C)C.CN(c1ccccc1)c1ccccc1. The summed E-state index contributed by atoms with van der Waals surface area (Å²) in [5.74, 6) is 1.05. The molecule has 0 spiro atoms. The maximum absolute atomic E-state index is 4.15. The lowest BCUT2D eigenvalue weighted by molar-refractivity contribution is 0.545. The molecule has 0 unspecified atom stereocenters. The molecule has 0 fully saturated rings. The van der Waals surface area contributed by atoms with Gasteiger partial charge in [-0.15, -0.1) is 0 Å². The van der Waals surface area contributed by atoms with Crippen LogP contribution in [0.3, 0.4) is 0 Å². The Kier molecular flexibility index (Phi) is 5.97. The number of nitrogens with zero attached hydrogens (tertiary/aromatic N) is 3. The number of fused-ring (bicyclic) bond motifs is 1. The third-order valence-corrected chi connectivity index (χ3v) is 5.09. The van der Waals surface area contributed by atoms with E-state index in [2.05, 4.69) is 129 Å². The van der Waals surface area contributed by atoms with Crippen LogP contribution in [0.15, 0.2) is 97.3 Å². The highest BCUT2D eigenvalue weighted by Gasteiger charge is 2.34. The summed E-state index contributed by atoms with van der Waals surface area (Å²) >= 11 is 0. The molecule has 29 heavy (non-hydrogen) atoms. The van der Waals surface area contributed by atoms with E-state index in [4.69, 9.17) is 0 Å². The first-order valence-electron chi connectivity index (χ1n) is 9.96. The summed E-state index contributed by atoms with van der Waals surface area (Å²) in [7, 11) is 4.14. The average Bonchev–Trinajstić information content (AvgIpc) is 3.00. The molecule has 0 saturated carbocycles. The van der Waals surface area contributed by atoms with Gasteiger partial charge in [0.15, 0.2) is 0 Å². The molecule has 0 aromatic heterocycles. The number of hydrogen-bond acceptors (Lipinski definition) is 3. The zero-order valence-electron chi connectivity index (χ0n) is 18.1. The maximum Gasteiger partial charge on any atom is 0.106 e. The van der Waals surface area contributed by atoms with Gasteiger partial charge in [0.25, 0.3) is 0 Å². The maximum atomic E-state index is 4.15. The van der Waals surface area contributed by atoms with Crippen LogP contribution in [-0.4, -0.2) is 19.6 Å². The Balaban J connectivity index is 0.000000166. The van der Waals surface area contributed by atoms with Gasteiger partial charge < -0.3 is 14.7 Å². The number of hydrogen-bond donors (Lipinski definition) is 0. The van der Waals surface area contributed by atoms with E-state index in [9.17, 15) is 0 Å². The van der Waals surface area contributed by atoms with Crippen molar-refractivity contribution in [1.29, 1.82) is 0 Å². The van der Waals surface area contributed by atoms with Crippen LogP contribution in [0, 0.1) is 0 Å². The van der Waals surface area contributed by atoms with Crippen molar-refractivity contribution >= 4 is 22.7 Å². The Morgan fingerprint density at radius 3 is 1.55 bits per heavy atom. The smallest absolute Gasteiger partial charge is 0.106 e. The first kappa shape index (κ1) is 20.5. The molecule has 0 bridgehead atoms. The summed E-state index contributed by atoms with van der Waals surface area (Å²) in [6.07, 6.45) is 0. The van der Waals surface area contributed by atoms with E-state index in [1.807, 2.05) is 12.1 Å². The number of anilines is 4. The zero-order chi connectivity index (χ0) is 21.0. The third-order valence-electron chi connectivity index (χ3n) is 5.09. The fourth-order valence-electron chi connectivity index (χ4n) is 3.57. The number of rotatable bonds is 2. The number of benzene rings is 3. The van der Waals surface area contributed by atoms with Crippen molar-refractivity contribution in [3.8, 4) is 0 Å². The average molecular weight is 386 g/mol. The van der Waals surface area contributed by atoms with Gasteiger partial charge in [-0.25, -0.2) is 0 Å². The first-order chi connectivity index (χ1) is 13.8. The summed E-state index contributed by atoms with van der Waals surface area (Å²) in [6.45, 7) is 10.8. The van der Waals surface area contributed by atoms with Crippen LogP contribution in [0.5, 0.6) is 0 Å². The van der Waals surface area contributed by atoms with Crippen molar-refractivity contribution in [3.05, 3.63) is 97.3 Å². The Bertz CT molecular complexity index is 903. The van der Waals surface area contributed by atoms with Crippen molar-refractivity contribution in [3.63, 3.8) is 0 Å². The summed E-state index contributed by atoms with van der Waals surface area (Å²) in [6, 6.07) is 29.1. The number of para-hydroxylation sites is 4. The summed E-state index contributed by atoms with van der Waals surface area (Å²) in [4.78, 5) is 6.59. The minimum Gasteiger partial charge on any atom is -0.345 e. The van der Waals surface area contributed by atoms with Crippen molar-refractivity contribution in [2.45, 2.75) is 26.3 Å². The molecule has 3 nitrogen and oxygen atoms in total. The fraction of sp³-hybridized carbons (Fsp3) is 0.231. The summed E-state index contributed by atoms with van der Waals surface area (Å²) < 4.78 is 0. The normalized spacial score (nSPS) is 12.9. The second-order valence-corrected chi connectivity index (χ2v) is 8.20. The van der Waals surface area contributed by atoms with Gasteiger partial charge in [0.1, 0.15) is 5.82 Å². The van der Waals surface area contributed by atoms with Crippen LogP contribution in [0.2, 0.25) is 0 Å². The molecule has 4 rings (SSSR count). The van der Waals surface area contributed by atoms with E-state index in [1.165, 1.54) is 22.7 Å². The lowest BCUT2D eigenvalue weighted by atomic mass is 10.1. The van der Waals surface area contributed by atoms with Crippen LogP contribution in [0.25, 0.3) is 0 Å². The molecule has 1 heterocycles. The van der Waals surface area contributed by atoms with Crippen molar-refractivity contribution in [1.82, 2.24) is 0 Å². The molecule has 3 aromatic rings. The molecular formula is C26H31N3. The molecule has 0 atom stereocenters. The topological polar surface area (TPSA) is 9.72 Å². The Morgan fingerprint density at radius 2 is 1.10 bits per heavy atom. The molecule has 0 aliphatic carbocycles. The molecule has 1 aliphatic rings. The van der Waals surface area contributed by atoms with E-state index in [0.717, 1.165) is 5.82 Å². The van der Waals surface area contributed by atoms with Gasteiger partial charge in [-0.1, -0.05) is 55.1 Å². The highest BCUT2D eigenvalue weighted by Crippen LogP contribution is 2.43. The van der Waals surface area contributed by atoms with Crippen LogP contribution in [0.4, 0.5) is 22.7 Å². The molecular weight excluding hydrogens is 354 g/mol. The van der Waals surface area contributed by atoms with Gasteiger partial charge in [0, 0.05) is 31.0 Å². The highest BCUT2D eigenvalue weighted by molar-refractivity contribution is 5.82. The second-order valence-electron chi connectivity index (χ2n) is 8.20. The molecule has 3 heteroatoms. The van der Waals surface area contributed by atoms with Gasteiger partial charge in [-0.2, -0.15) is 0 Å². The lowest BCUT2D eigenvalue weighted by Crippen LogP contribution is -2.40. The van der Waals surface area contributed by atoms with E-state index in [-0.39, 0.29) is 5.54 Å². The predicted octanol–water partition coefficient (Wildman–Crippen LogP) is 6.67. The van der Waals surface area contributed by atoms with Crippen molar-refractivity contribution in [2.75, 3.05) is 28.8 Å². The standard InChI is InChI=1S/C13H18N2.C13H13N/c1-10-14(5)11-8-6-7-9-12(11)15(10)13(2,3)4;1-14(12-8-4-2-5-9-12)13-10-6-3-7-11-13/h6-9H,1H2,2-5H3;2-11H,1H3. The molecule has 150 valence electrons. The van der Waals surface area contributed by atoms with E-state index in [1.54, 1.807) is 0 Å².